The fraction of sp³-hybridized carbons (Fsp3) is 0.158. The number of hydrogen-bond acceptors (Lipinski definition) is 2. The molecule has 0 saturated carbocycles. The third-order valence-electron chi connectivity index (χ3n) is 3.81. The molecule has 0 spiro atoms. The first-order chi connectivity index (χ1) is 10.3. The maximum atomic E-state index is 6.43. The molecule has 2 heteroatoms. The van der Waals surface area contributed by atoms with E-state index in [1.807, 2.05) is 0 Å². The monoisotopic (exact) mass is 293 g/mol. The summed E-state index contributed by atoms with van der Waals surface area (Å²) >= 11 is 1.76. The lowest BCUT2D eigenvalue weighted by atomic mass is 9.97. The zero-order valence-corrected chi connectivity index (χ0v) is 12.9. The molecule has 0 heterocycles. The van der Waals surface area contributed by atoms with Gasteiger partial charge in [-0.1, -0.05) is 60.7 Å². The Morgan fingerprint density at radius 1 is 0.905 bits per heavy atom. The Morgan fingerprint density at radius 2 is 1.62 bits per heavy atom. The second-order valence-corrected chi connectivity index (χ2v) is 6.08. The van der Waals surface area contributed by atoms with Crippen molar-refractivity contribution in [2.24, 2.45) is 5.73 Å². The van der Waals surface area contributed by atoms with E-state index < -0.39 is 0 Å². The zero-order valence-electron chi connectivity index (χ0n) is 12.1. The maximum absolute atomic E-state index is 6.43. The third-order valence-corrected chi connectivity index (χ3v) is 4.62. The molecule has 3 aromatic rings. The second kappa shape index (κ2) is 6.33. The lowest BCUT2D eigenvalue weighted by molar-refractivity contribution is 0.708. The largest absolute Gasteiger partial charge is 0.324 e. The molecule has 0 aliphatic heterocycles. The van der Waals surface area contributed by atoms with Crippen LogP contribution >= 0.6 is 11.8 Å². The van der Waals surface area contributed by atoms with Crippen LogP contribution in [-0.4, -0.2) is 6.26 Å². The smallest absolute Gasteiger partial charge is 0.0346 e. The summed E-state index contributed by atoms with van der Waals surface area (Å²) in [6, 6.07) is 23.5. The molecule has 3 rings (SSSR count). The van der Waals surface area contributed by atoms with Crippen LogP contribution in [0.15, 0.2) is 71.6 Å². The zero-order chi connectivity index (χ0) is 14.7. The highest BCUT2D eigenvalue weighted by Gasteiger charge is 2.11. The number of benzene rings is 3. The van der Waals surface area contributed by atoms with E-state index in [9.17, 15) is 0 Å². The molecule has 1 nitrogen and oxygen atoms in total. The fourth-order valence-electron chi connectivity index (χ4n) is 2.70. The summed E-state index contributed by atoms with van der Waals surface area (Å²) < 4.78 is 0. The van der Waals surface area contributed by atoms with E-state index in [0.29, 0.717) is 0 Å². The predicted octanol–water partition coefficient (Wildman–Crippen LogP) is 4.80. The number of rotatable bonds is 4. The van der Waals surface area contributed by atoms with Crippen LogP contribution in [-0.2, 0) is 6.42 Å². The molecule has 0 aliphatic carbocycles. The van der Waals surface area contributed by atoms with E-state index in [2.05, 4.69) is 73.0 Å². The second-order valence-electron chi connectivity index (χ2n) is 5.23. The van der Waals surface area contributed by atoms with E-state index in [-0.39, 0.29) is 6.04 Å². The van der Waals surface area contributed by atoms with Gasteiger partial charge in [0.2, 0.25) is 0 Å². The molecule has 106 valence electrons. The lowest BCUT2D eigenvalue weighted by Crippen LogP contribution is -2.14. The molecule has 0 saturated heterocycles. The maximum Gasteiger partial charge on any atom is 0.0346 e. The van der Waals surface area contributed by atoms with Gasteiger partial charge in [-0.25, -0.2) is 0 Å². The summed E-state index contributed by atoms with van der Waals surface area (Å²) in [4.78, 5) is 1.27. The quantitative estimate of drug-likeness (QED) is 0.699. The van der Waals surface area contributed by atoms with Crippen molar-refractivity contribution in [2.75, 3.05) is 6.26 Å². The van der Waals surface area contributed by atoms with Gasteiger partial charge >= 0.3 is 0 Å². The summed E-state index contributed by atoms with van der Waals surface area (Å²) in [7, 11) is 0. The minimum absolute atomic E-state index is 0.0369. The first kappa shape index (κ1) is 14.2. The molecule has 0 aliphatic rings. The number of nitrogens with two attached hydrogens (primary N) is 1. The van der Waals surface area contributed by atoms with Crippen molar-refractivity contribution in [3.8, 4) is 0 Å². The summed E-state index contributed by atoms with van der Waals surface area (Å²) in [5.74, 6) is 0. The molecular weight excluding hydrogens is 274 g/mol. The molecule has 1 unspecified atom stereocenters. The van der Waals surface area contributed by atoms with Crippen molar-refractivity contribution >= 4 is 22.5 Å². The molecule has 0 radical (unpaired) electrons. The van der Waals surface area contributed by atoms with Crippen LogP contribution in [0.2, 0.25) is 0 Å². The normalized spacial score (nSPS) is 12.5. The van der Waals surface area contributed by atoms with Crippen molar-refractivity contribution in [3.05, 3.63) is 77.9 Å². The molecule has 0 fully saturated rings. The average Bonchev–Trinajstić information content (AvgIpc) is 2.54. The van der Waals surface area contributed by atoms with Gasteiger partial charge in [-0.15, -0.1) is 11.8 Å². The van der Waals surface area contributed by atoms with Crippen LogP contribution in [0.4, 0.5) is 0 Å². The number of fused-ring (bicyclic) bond motifs is 1. The SMILES string of the molecule is CSc1ccccc1C(N)Cc1ccc2ccccc2c1. The van der Waals surface area contributed by atoms with Gasteiger partial charge in [0.25, 0.3) is 0 Å². The van der Waals surface area contributed by atoms with Crippen LogP contribution in [0.3, 0.4) is 0 Å². The van der Waals surface area contributed by atoms with Gasteiger partial charge in [0.15, 0.2) is 0 Å². The predicted molar refractivity (Wildman–Crippen MR) is 92.8 cm³/mol. The van der Waals surface area contributed by atoms with Gasteiger partial charge in [0, 0.05) is 10.9 Å². The molecule has 21 heavy (non-hydrogen) atoms. The summed E-state index contributed by atoms with van der Waals surface area (Å²) in [5, 5.41) is 2.56. The Kier molecular flexibility index (Phi) is 4.28. The van der Waals surface area contributed by atoms with Crippen molar-refractivity contribution in [3.63, 3.8) is 0 Å². The minimum Gasteiger partial charge on any atom is -0.324 e. The van der Waals surface area contributed by atoms with Gasteiger partial charge in [0.05, 0.1) is 0 Å². The average molecular weight is 293 g/mol. The van der Waals surface area contributed by atoms with Gasteiger partial charge in [0.1, 0.15) is 0 Å². The van der Waals surface area contributed by atoms with Crippen LogP contribution in [0, 0.1) is 0 Å². The topological polar surface area (TPSA) is 26.0 Å². The van der Waals surface area contributed by atoms with Crippen molar-refractivity contribution in [2.45, 2.75) is 17.4 Å². The van der Waals surface area contributed by atoms with Crippen molar-refractivity contribution < 1.29 is 0 Å². The first-order valence-electron chi connectivity index (χ1n) is 7.14. The van der Waals surface area contributed by atoms with Crippen LogP contribution in [0.5, 0.6) is 0 Å². The van der Waals surface area contributed by atoms with Crippen LogP contribution in [0.1, 0.15) is 17.2 Å². The van der Waals surface area contributed by atoms with Crippen LogP contribution in [0.25, 0.3) is 10.8 Å². The Labute approximate surface area is 130 Å². The Morgan fingerprint density at radius 3 is 2.43 bits per heavy atom. The molecule has 3 aromatic carbocycles. The molecule has 2 N–H and O–H groups in total. The van der Waals surface area contributed by atoms with Gasteiger partial charge in [-0.05, 0) is 40.6 Å². The van der Waals surface area contributed by atoms with E-state index in [1.165, 1.54) is 26.8 Å². The third kappa shape index (κ3) is 3.12. The molecule has 0 aromatic heterocycles. The van der Waals surface area contributed by atoms with E-state index in [4.69, 9.17) is 5.73 Å². The van der Waals surface area contributed by atoms with Gasteiger partial charge in [-0.3, -0.25) is 0 Å². The van der Waals surface area contributed by atoms with Crippen molar-refractivity contribution in [1.82, 2.24) is 0 Å². The van der Waals surface area contributed by atoms with E-state index in [0.717, 1.165) is 6.42 Å². The lowest BCUT2D eigenvalue weighted by Gasteiger charge is -2.16. The summed E-state index contributed by atoms with van der Waals surface area (Å²) in [5.41, 5.74) is 8.96. The molecule has 0 bridgehead atoms. The van der Waals surface area contributed by atoms with E-state index in [1.54, 1.807) is 11.8 Å². The standard InChI is InChI=1S/C19H19NS/c1-21-19-9-5-4-8-17(19)18(20)13-14-10-11-15-6-2-3-7-16(15)12-14/h2-12,18H,13,20H2,1H3. The van der Waals surface area contributed by atoms with E-state index >= 15 is 0 Å². The van der Waals surface area contributed by atoms with Gasteiger partial charge in [-0.2, -0.15) is 0 Å². The summed E-state index contributed by atoms with van der Waals surface area (Å²) in [6.07, 6.45) is 2.96. The van der Waals surface area contributed by atoms with Crippen molar-refractivity contribution in [1.29, 1.82) is 0 Å². The highest BCUT2D eigenvalue weighted by molar-refractivity contribution is 7.98. The highest BCUT2D eigenvalue weighted by Crippen LogP contribution is 2.27. The van der Waals surface area contributed by atoms with Crippen LogP contribution < -0.4 is 5.73 Å². The van der Waals surface area contributed by atoms with Gasteiger partial charge < -0.3 is 5.73 Å². The fourth-order valence-corrected chi connectivity index (χ4v) is 3.37. The molecule has 1 atom stereocenters. The Balaban J connectivity index is 1.87. The summed E-state index contributed by atoms with van der Waals surface area (Å²) in [6.45, 7) is 0. The number of hydrogen-bond donors (Lipinski definition) is 1. The minimum atomic E-state index is 0.0369. The highest BCUT2D eigenvalue weighted by atomic mass is 32.2. The number of thioether (sulfide) groups is 1. The Bertz CT molecular complexity index is 751. The first-order valence-corrected chi connectivity index (χ1v) is 8.36. The molecular formula is C19H19NS. The molecule has 0 amide bonds. The Hall–Kier alpha value is -1.77.